The van der Waals surface area contributed by atoms with Crippen LogP contribution in [0.2, 0.25) is 0 Å². The fourth-order valence-electron chi connectivity index (χ4n) is 2.79. The van der Waals surface area contributed by atoms with Gasteiger partial charge in [0.2, 0.25) is 0 Å². The minimum Gasteiger partial charge on any atom is -0.455 e. The van der Waals surface area contributed by atoms with Crippen LogP contribution in [0.4, 0.5) is 0 Å². The first-order chi connectivity index (χ1) is 9.29. The van der Waals surface area contributed by atoms with E-state index in [0.29, 0.717) is 0 Å². The molecule has 0 amide bonds. The maximum Gasteiger partial charge on any atom is 0.321 e. The summed E-state index contributed by atoms with van der Waals surface area (Å²) in [4.78, 5) is 16.1. The van der Waals surface area contributed by atoms with Crippen molar-refractivity contribution in [1.82, 2.24) is 4.98 Å². The van der Waals surface area contributed by atoms with Gasteiger partial charge in [-0.05, 0) is 29.7 Å². The molecule has 0 radical (unpaired) electrons. The molecule has 0 N–H and O–H groups in total. The van der Waals surface area contributed by atoms with Gasteiger partial charge >= 0.3 is 5.97 Å². The topological polar surface area (TPSA) is 39.2 Å². The molecule has 2 atom stereocenters. The zero-order valence-electron chi connectivity index (χ0n) is 10.7. The van der Waals surface area contributed by atoms with Crippen LogP contribution in [-0.2, 0) is 14.9 Å². The lowest BCUT2D eigenvalue weighted by Crippen LogP contribution is -2.54. The average molecular weight is 253 g/mol. The van der Waals surface area contributed by atoms with E-state index in [9.17, 15) is 4.79 Å². The molecule has 3 nitrogen and oxygen atoms in total. The lowest BCUT2D eigenvalue weighted by atomic mass is 9.67. The van der Waals surface area contributed by atoms with Crippen molar-refractivity contribution in [3.63, 3.8) is 0 Å². The smallest absolute Gasteiger partial charge is 0.321 e. The number of hydrogen-bond donors (Lipinski definition) is 0. The Bertz CT molecular complexity index is 582. The fraction of sp³-hybridized carbons (Fsp3) is 0.250. The van der Waals surface area contributed by atoms with Crippen LogP contribution in [0.15, 0.2) is 54.9 Å². The van der Waals surface area contributed by atoms with Gasteiger partial charge in [-0.1, -0.05) is 37.3 Å². The zero-order chi connectivity index (χ0) is 13.3. The van der Waals surface area contributed by atoms with Gasteiger partial charge in [0.25, 0.3) is 0 Å². The van der Waals surface area contributed by atoms with Crippen molar-refractivity contribution in [2.45, 2.75) is 24.9 Å². The van der Waals surface area contributed by atoms with E-state index in [1.165, 1.54) is 0 Å². The third-order valence-corrected chi connectivity index (χ3v) is 3.89. The van der Waals surface area contributed by atoms with Crippen LogP contribution in [0, 0.1) is 0 Å². The lowest BCUT2D eigenvalue weighted by molar-refractivity contribution is -0.193. The Hall–Kier alpha value is -2.16. The second kappa shape index (κ2) is 4.50. The molecular weight excluding hydrogens is 238 g/mol. The second-order valence-electron chi connectivity index (χ2n) is 4.76. The van der Waals surface area contributed by atoms with Crippen molar-refractivity contribution in [2.24, 2.45) is 0 Å². The Kier molecular flexibility index (Phi) is 2.82. The first kappa shape index (κ1) is 11.9. The van der Waals surface area contributed by atoms with Crippen molar-refractivity contribution in [1.29, 1.82) is 0 Å². The van der Waals surface area contributed by atoms with Gasteiger partial charge in [0.15, 0.2) is 0 Å². The van der Waals surface area contributed by atoms with Crippen molar-refractivity contribution in [3.05, 3.63) is 66.0 Å². The van der Waals surface area contributed by atoms with Crippen molar-refractivity contribution < 1.29 is 9.53 Å². The maximum absolute atomic E-state index is 12.1. The standard InChI is InChI=1S/C16H15NO2/c1-2-16(13-6-4-3-5-7-13)14(19-15(16)18)12-8-10-17-11-9-12/h3-11,14H,2H2,1H3/t14-,16+/m1/s1. The van der Waals surface area contributed by atoms with Gasteiger partial charge in [0, 0.05) is 12.4 Å². The molecule has 2 aromatic rings. The molecule has 19 heavy (non-hydrogen) atoms. The highest BCUT2D eigenvalue weighted by Crippen LogP contribution is 2.51. The summed E-state index contributed by atoms with van der Waals surface area (Å²) in [6.07, 6.45) is 3.97. The van der Waals surface area contributed by atoms with Crippen molar-refractivity contribution in [2.75, 3.05) is 0 Å². The van der Waals surface area contributed by atoms with E-state index in [1.54, 1.807) is 12.4 Å². The van der Waals surface area contributed by atoms with Crippen LogP contribution < -0.4 is 0 Å². The molecular formula is C16H15NO2. The van der Waals surface area contributed by atoms with E-state index >= 15 is 0 Å². The predicted molar refractivity (Wildman–Crippen MR) is 71.5 cm³/mol. The fourth-order valence-corrected chi connectivity index (χ4v) is 2.79. The zero-order valence-corrected chi connectivity index (χ0v) is 10.7. The Morgan fingerprint density at radius 3 is 2.42 bits per heavy atom. The molecule has 0 aliphatic carbocycles. The van der Waals surface area contributed by atoms with Crippen LogP contribution in [0.1, 0.15) is 30.6 Å². The first-order valence-electron chi connectivity index (χ1n) is 6.45. The third-order valence-electron chi connectivity index (χ3n) is 3.89. The number of esters is 1. The van der Waals surface area contributed by atoms with E-state index < -0.39 is 5.41 Å². The molecule has 2 heterocycles. The summed E-state index contributed by atoms with van der Waals surface area (Å²) in [5.41, 5.74) is 1.47. The molecule has 1 aliphatic heterocycles. The molecule has 0 unspecified atom stereocenters. The average Bonchev–Trinajstić information content (AvgIpc) is 2.48. The van der Waals surface area contributed by atoms with Gasteiger partial charge in [-0.3, -0.25) is 9.78 Å². The molecule has 1 fully saturated rings. The Morgan fingerprint density at radius 2 is 1.84 bits per heavy atom. The van der Waals surface area contributed by atoms with Crippen LogP contribution in [0.5, 0.6) is 0 Å². The van der Waals surface area contributed by atoms with Gasteiger partial charge in [0.05, 0.1) is 0 Å². The van der Waals surface area contributed by atoms with Gasteiger partial charge in [-0.2, -0.15) is 0 Å². The third kappa shape index (κ3) is 1.65. The quantitative estimate of drug-likeness (QED) is 0.789. The second-order valence-corrected chi connectivity index (χ2v) is 4.76. The number of hydrogen-bond acceptors (Lipinski definition) is 3. The van der Waals surface area contributed by atoms with Gasteiger partial charge < -0.3 is 4.74 Å². The monoisotopic (exact) mass is 253 g/mol. The molecule has 1 aromatic heterocycles. The van der Waals surface area contributed by atoms with E-state index in [1.807, 2.05) is 49.4 Å². The minimum absolute atomic E-state index is 0.136. The van der Waals surface area contributed by atoms with Crippen molar-refractivity contribution >= 4 is 5.97 Å². The number of benzene rings is 1. The Balaban J connectivity index is 2.07. The largest absolute Gasteiger partial charge is 0.455 e. The number of pyridine rings is 1. The highest BCUT2D eigenvalue weighted by molar-refractivity contribution is 5.90. The summed E-state index contributed by atoms with van der Waals surface area (Å²) in [6, 6.07) is 13.7. The molecule has 0 saturated carbocycles. The van der Waals surface area contributed by atoms with E-state index in [4.69, 9.17) is 4.74 Å². The number of rotatable bonds is 3. The van der Waals surface area contributed by atoms with Crippen LogP contribution in [0.25, 0.3) is 0 Å². The molecule has 0 spiro atoms. The molecule has 0 bridgehead atoms. The molecule has 96 valence electrons. The molecule has 1 saturated heterocycles. The van der Waals surface area contributed by atoms with Gasteiger partial charge in [0.1, 0.15) is 11.5 Å². The predicted octanol–water partition coefficient (Wildman–Crippen LogP) is 3.03. The number of aromatic nitrogens is 1. The Labute approximate surface area is 112 Å². The number of ether oxygens (including phenoxy) is 1. The van der Waals surface area contributed by atoms with Crippen LogP contribution >= 0.6 is 0 Å². The minimum atomic E-state index is -0.553. The number of cyclic esters (lactones) is 1. The van der Waals surface area contributed by atoms with Crippen molar-refractivity contribution in [3.8, 4) is 0 Å². The van der Waals surface area contributed by atoms with Gasteiger partial charge in [-0.15, -0.1) is 0 Å². The summed E-state index contributed by atoms with van der Waals surface area (Å²) in [7, 11) is 0. The highest BCUT2D eigenvalue weighted by Gasteiger charge is 2.58. The molecule has 3 rings (SSSR count). The maximum atomic E-state index is 12.1. The summed E-state index contributed by atoms with van der Waals surface area (Å²) in [6.45, 7) is 2.03. The van der Waals surface area contributed by atoms with Crippen LogP contribution in [-0.4, -0.2) is 11.0 Å². The number of carbonyl (C=O) groups is 1. The summed E-state index contributed by atoms with van der Waals surface area (Å²) < 4.78 is 5.42. The Morgan fingerprint density at radius 1 is 1.16 bits per heavy atom. The molecule has 1 aromatic carbocycles. The SMILES string of the molecule is CC[C@@]1(c2ccccc2)C(=O)O[C@@H]1c1ccncc1. The van der Waals surface area contributed by atoms with E-state index in [0.717, 1.165) is 17.5 Å². The number of nitrogens with zero attached hydrogens (tertiary/aromatic N) is 1. The lowest BCUT2D eigenvalue weighted by Gasteiger charge is -2.47. The van der Waals surface area contributed by atoms with E-state index in [-0.39, 0.29) is 12.1 Å². The highest BCUT2D eigenvalue weighted by atomic mass is 16.6. The van der Waals surface area contributed by atoms with E-state index in [2.05, 4.69) is 4.98 Å². The molecule has 1 aliphatic rings. The molecule has 3 heteroatoms. The summed E-state index contributed by atoms with van der Waals surface area (Å²) in [5.74, 6) is -0.136. The first-order valence-corrected chi connectivity index (χ1v) is 6.45. The normalized spacial score (nSPS) is 25.5. The number of carbonyl (C=O) groups excluding carboxylic acids is 1. The van der Waals surface area contributed by atoms with Gasteiger partial charge in [-0.25, -0.2) is 0 Å². The summed E-state index contributed by atoms with van der Waals surface area (Å²) >= 11 is 0. The summed E-state index contributed by atoms with van der Waals surface area (Å²) in [5, 5.41) is 0. The van der Waals surface area contributed by atoms with Crippen LogP contribution in [0.3, 0.4) is 0 Å².